The number of likely N-dealkylation sites (tertiary alicyclic amines) is 1. The Bertz CT molecular complexity index is 1140. The normalized spacial score (nSPS) is 16.5. The monoisotopic (exact) mass is 539 g/mol. The molecular weight excluding hydrogens is 498 g/mol. The Morgan fingerprint density at radius 2 is 1.64 bits per heavy atom. The first-order valence-corrected chi connectivity index (χ1v) is 13.8. The van der Waals surface area contributed by atoms with Crippen LogP contribution < -0.4 is 14.2 Å². The van der Waals surface area contributed by atoms with Crippen molar-refractivity contribution in [1.29, 1.82) is 0 Å². The summed E-state index contributed by atoms with van der Waals surface area (Å²) in [5, 5.41) is 11.4. The molecule has 0 aliphatic carbocycles. The van der Waals surface area contributed by atoms with Gasteiger partial charge in [-0.25, -0.2) is 0 Å². The number of ketones is 1. The van der Waals surface area contributed by atoms with Gasteiger partial charge in [-0.1, -0.05) is 51.3 Å². The highest BCUT2D eigenvalue weighted by molar-refractivity contribution is 6.46. The van der Waals surface area contributed by atoms with E-state index in [9.17, 15) is 14.7 Å². The lowest BCUT2D eigenvalue weighted by atomic mass is 9.95. The van der Waals surface area contributed by atoms with Gasteiger partial charge in [0.25, 0.3) is 11.7 Å². The molecule has 39 heavy (non-hydrogen) atoms. The second-order valence-electron chi connectivity index (χ2n) is 9.53. The van der Waals surface area contributed by atoms with Crippen molar-refractivity contribution in [2.75, 3.05) is 40.6 Å². The Morgan fingerprint density at radius 1 is 0.872 bits per heavy atom. The van der Waals surface area contributed by atoms with Crippen LogP contribution in [0.25, 0.3) is 5.76 Å². The molecule has 1 aliphatic rings. The molecule has 1 saturated heterocycles. The molecule has 2 aromatic rings. The van der Waals surface area contributed by atoms with Gasteiger partial charge in [-0.3, -0.25) is 9.59 Å². The molecule has 1 N–H and O–H groups in total. The lowest BCUT2D eigenvalue weighted by Crippen LogP contribution is -2.31. The van der Waals surface area contributed by atoms with Crippen molar-refractivity contribution in [3.8, 4) is 17.2 Å². The van der Waals surface area contributed by atoms with Gasteiger partial charge >= 0.3 is 0 Å². The number of hydrogen-bond donors (Lipinski definition) is 1. The number of hydrogen-bond acceptors (Lipinski definition) is 7. The number of unbranched alkanes of at least 4 members (excludes halogenated alkanes) is 3. The van der Waals surface area contributed by atoms with E-state index in [2.05, 4.69) is 13.8 Å². The zero-order valence-corrected chi connectivity index (χ0v) is 23.5. The third-order valence-electron chi connectivity index (χ3n) is 6.67. The fourth-order valence-corrected chi connectivity index (χ4v) is 4.57. The summed E-state index contributed by atoms with van der Waals surface area (Å²) in [4.78, 5) is 28.0. The number of Topliss-reactive ketones (excluding diaryl/α,β-unsaturated/α-hetero) is 1. The fraction of sp³-hybridized carbons (Fsp3) is 0.484. The average molecular weight is 540 g/mol. The predicted molar refractivity (Wildman–Crippen MR) is 150 cm³/mol. The second-order valence-corrected chi connectivity index (χ2v) is 9.53. The number of rotatable bonds is 16. The van der Waals surface area contributed by atoms with E-state index < -0.39 is 17.7 Å². The molecule has 1 amide bonds. The van der Waals surface area contributed by atoms with Crippen molar-refractivity contribution in [3.63, 3.8) is 0 Å². The van der Waals surface area contributed by atoms with Gasteiger partial charge in [-0.15, -0.1) is 0 Å². The fourth-order valence-electron chi connectivity index (χ4n) is 4.57. The molecular formula is C31H41NO7. The topological polar surface area (TPSA) is 94.5 Å². The highest BCUT2D eigenvalue weighted by atomic mass is 16.5. The average Bonchev–Trinajstić information content (AvgIpc) is 3.20. The van der Waals surface area contributed by atoms with Crippen LogP contribution in [-0.4, -0.2) is 62.3 Å². The lowest BCUT2D eigenvalue weighted by Gasteiger charge is -2.26. The summed E-state index contributed by atoms with van der Waals surface area (Å²) in [5.41, 5.74) is 1.08. The van der Waals surface area contributed by atoms with Crippen LogP contribution in [0.4, 0.5) is 0 Å². The first-order valence-electron chi connectivity index (χ1n) is 13.8. The number of ether oxygens (including phenoxy) is 4. The Hall–Kier alpha value is -3.52. The Kier molecular flexibility index (Phi) is 11.7. The summed E-state index contributed by atoms with van der Waals surface area (Å²) in [6.45, 7) is 6.05. The molecule has 1 heterocycles. The number of carbonyl (C=O) groups is 2. The van der Waals surface area contributed by atoms with Gasteiger partial charge in [0.05, 0.1) is 31.9 Å². The lowest BCUT2D eigenvalue weighted by molar-refractivity contribution is -0.140. The third kappa shape index (κ3) is 7.53. The van der Waals surface area contributed by atoms with Crippen molar-refractivity contribution in [2.24, 2.45) is 0 Å². The standard InChI is InChI=1S/C31H41NO7/c1-5-7-9-19-39-25-15-14-22(21-26(25)37-4)28-27(30(34)31(35)32(28)16-11-17-36-3)29(33)23-12-10-13-24(20-23)38-18-8-6-2/h10,12-15,20-21,28,33H,5-9,11,16-19H2,1-4H3. The number of benzene rings is 2. The van der Waals surface area contributed by atoms with Crippen LogP contribution >= 0.6 is 0 Å². The molecule has 8 heteroatoms. The van der Waals surface area contributed by atoms with Crippen molar-refractivity contribution < 1.29 is 33.6 Å². The summed E-state index contributed by atoms with van der Waals surface area (Å²) >= 11 is 0. The van der Waals surface area contributed by atoms with Crippen molar-refractivity contribution in [2.45, 2.75) is 58.4 Å². The SMILES string of the molecule is CCCCCOc1ccc(C2C(=C(O)c3cccc(OCCCC)c3)C(=O)C(=O)N2CCCOC)cc1OC. The van der Waals surface area contributed by atoms with E-state index in [4.69, 9.17) is 18.9 Å². The van der Waals surface area contributed by atoms with Crippen LogP contribution in [0, 0.1) is 0 Å². The largest absolute Gasteiger partial charge is 0.507 e. The molecule has 212 valence electrons. The Balaban J connectivity index is 2.03. The Labute approximate surface area is 231 Å². The molecule has 3 rings (SSSR count). The molecule has 1 aliphatic heterocycles. The van der Waals surface area contributed by atoms with Gasteiger partial charge in [-0.05, 0) is 49.1 Å². The number of aliphatic hydroxyl groups is 1. The summed E-state index contributed by atoms with van der Waals surface area (Å²) < 4.78 is 22.5. The van der Waals surface area contributed by atoms with Gasteiger partial charge < -0.3 is 29.0 Å². The molecule has 8 nitrogen and oxygen atoms in total. The van der Waals surface area contributed by atoms with E-state index in [1.807, 2.05) is 6.07 Å². The van der Waals surface area contributed by atoms with Gasteiger partial charge in [0.2, 0.25) is 0 Å². The van der Waals surface area contributed by atoms with Crippen LogP contribution in [-0.2, 0) is 14.3 Å². The van der Waals surface area contributed by atoms with Crippen molar-refractivity contribution in [1.82, 2.24) is 4.90 Å². The van der Waals surface area contributed by atoms with E-state index in [1.54, 1.807) is 50.6 Å². The molecule has 0 bridgehead atoms. The van der Waals surface area contributed by atoms with Crippen LogP contribution in [0.15, 0.2) is 48.0 Å². The molecule has 0 spiro atoms. The van der Waals surface area contributed by atoms with Gasteiger partial charge in [0.15, 0.2) is 11.5 Å². The summed E-state index contributed by atoms with van der Waals surface area (Å²) in [6, 6.07) is 11.5. The van der Waals surface area contributed by atoms with Crippen LogP contribution in [0.5, 0.6) is 17.2 Å². The minimum absolute atomic E-state index is 0.0294. The minimum atomic E-state index is -0.797. The van der Waals surface area contributed by atoms with Crippen molar-refractivity contribution >= 4 is 17.4 Å². The molecule has 1 atom stereocenters. The maximum atomic E-state index is 13.3. The number of carbonyl (C=O) groups excluding carboxylic acids is 2. The van der Waals surface area contributed by atoms with Crippen LogP contribution in [0.3, 0.4) is 0 Å². The zero-order chi connectivity index (χ0) is 28.2. The van der Waals surface area contributed by atoms with E-state index in [1.165, 1.54) is 4.90 Å². The first kappa shape index (κ1) is 30.0. The minimum Gasteiger partial charge on any atom is -0.507 e. The van der Waals surface area contributed by atoms with E-state index >= 15 is 0 Å². The third-order valence-corrected chi connectivity index (χ3v) is 6.67. The molecule has 0 aromatic heterocycles. The highest BCUT2D eigenvalue weighted by Gasteiger charge is 2.46. The first-order chi connectivity index (χ1) is 19.0. The molecule has 0 radical (unpaired) electrons. The Morgan fingerprint density at radius 3 is 2.36 bits per heavy atom. The maximum absolute atomic E-state index is 13.3. The smallest absolute Gasteiger partial charge is 0.295 e. The molecule has 1 fully saturated rings. The quantitative estimate of drug-likeness (QED) is 0.123. The van der Waals surface area contributed by atoms with Crippen molar-refractivity contribution in [3.05, 3.63) is 59.2 Å². The number of amides is 1. The van der Waals surface area contributed by atoms with Crippen LogP contribution in [0.2, 0.25) is 0 Å². The van der Waals surface area contributed by atoms with E-state index in [-0.39, 0.29) is 17.9 Å². The van der Waals surface area contributed by atoms with Gasteiger partial charge in [0.1, 0.15) is 11.5 Å². The van der Waals surface area contributed by atoms with Crippen LogP contribution in [0.1, 0.15) is 69.5 Å². The molecule has 1 unspecified atom stereocenters. The summed E-state index contributed by atoms with van der Waals surface area (Å²) in [5.74, 6) is 0.0402. The van der Waals surface area contributed by atoms with E-state index in [0.717, 1.165) is 32.1 Å². The maximum Gasteiger partial charge on any atom is 0.295 e. The summed E-state index contributed by atoms with van der Waals surface area (Å²) in [6.07, 6.45) is 5.54. The number of aliphatic hydroxyl groups excluding tert-OH is 1. The molecule has 0 saturated carbocycles. The van der Waals surface area contributed by atoms with E-state index in [0.29, 0.717) is 54.6 Å². The zero-order valence-electron chi connectivity index (χ0n) is 23.5. The predicted octanol–water partition coefficient (Wildman–Crippen LogP) is 5.90. The second kappa shape index (κ2) is 15.2. The highest BCUT2D eigenvalue weighted by Crippen LogP contribution is 2.42. The molecule has 2 aromatic carbocycles. The van der Waals surface area contributed by atoms with Gasteiger partial charge in [-0.2, -0.15) is 0 Å². The summed E-state index contributed by atoms with van der Waals surface area (Å²) in [7, 11) is 3.14. The van der Waals surface area contributed by atoms with Gasteiger partial charge in [0, 0.05) is 25.8 Å². The number of nitrogens with zero attached hydrogens (tertiary/aromatic N) is 1. The number of methoxy groups -OCH3 is 2.